The second kappa shape index (κ2) is 4.44. The summed E-state index contributed by atoms with van der Waals surface area (Å²) in [6.07, 6.45) is 7.41. The first kappa shape index (κ1) is 11.3. The average molecular weight is 249 g/mol. The van der Waals surface area contributed by atoms with E-state index in [2.05, 4.69) is 9.97 Å². The summed E-state index contributed by atoms with van der Waals surface area (Å²) in [5.74, 6) is 0.519. The Morgan fingerprint density at radius 2 is 2.06 bits per heavy atom. The molecule has 3 rings (SSSR count). The fourth-order valence-corrected chi connectivity index (χ4v) is 3.05. The van der Waals surface area contributed by atoms with Crippen molar-refractivity contribution in [1.82, 2.24) is 14.9 Å². The Kier molecular flexibility index (Phi) is 2.77. The number of amides is 1. The van der Waals surface area contributed by atoms with E-state index < -0.39 is 6.09 Å². The van der Waals surface area contributed by atoms with Crippen LogP contribution in [0.25, 0.3) is 0 Å². The van der Waals surface area contributed by atoms with Crippen molar-refractivity contribution in [2.24, 2.45) is 0 Å². The van der Waals surface area contributed by atoms with Crippen molar-refractivity contribution in [3.05, 3.63) is 18.6 Å². The molecule has 1 aromatic rings. The number of hydrogen-bond donors (Lipinski definition) is 1. The molecule has 18 heavy (non-hydrogen) atoms. The molecule has 3 atom stereocenters. The first-order valence-corrected chi connectivity index (χ1v) is 6.18. The lowest BCUT2D eigenvalue weighted by molar-refractivity contribution is 0.0475. The fraction of sp³-hybridized carbons (Fsp3) is 0.583. The van der Waals surface area contributed by atoms with Crippen molar-refractivity contribution < 1.29 is 14.6 Å². The Bertz CT molecular complexity index is 425. The SMILES string of the molecule is O=C(O)N1[C@@H]2CC[C@H]1C[C@@H](Oc1cnccn1)C2. The summed E-state index contributed by atoms with van der Waals surface area (Å²) < 4.78 is 5.77. The lowest BCUT2D eigenvalue weighted by Gasteiger charge is -2.36. The van der Waals surface area contributed by atoms with Gasteiger partial charge in [-0.05, 0) is 12.8 Å². The molecule has 0 spiro atoms. The molecule has 2 aliphatic heterocycles. The summed E-state index contributed by atoms with van der Waals surface area (Å²) in [4.78, 5) is 20.8. The molecular weight excluding hydrogens is 234 g/mol. The Morgan fingerprint density at radius 3 is 2.61 bits per heavy atom. The third kappa shape index (κ3) is 1.98. The number of carboxylic acid groups (broad SMARTS) is 1. The topological polar surface area (TPSA) is 75.5 Å². The molecule has 1 aromatic heterocycles. The smallest absolute Gasteiger partial charge is 0.407 e. The number of nitrogens with zero attached hydrogens (tertiary/aromatic N) is 3. The molecule has 2 saturated heterocycles. The third-order valence-electron chi connectivity index (χ3n) is 3.74. The maximum atomic E-state index is 11.1. The number of carbonyl (C=O) groups is 1. The van der Waals surface area contributed by atoms with Gasteiger partial charge in [-0.15, -0.1) is 0 Å². The maximum absolute atomic E-state index is 11.1. The molecule has 1 N–H and O–H groups in total. The molecule has 0 saturated carbocycles. The standard InChI is InChI=1S/C12H15N3O3/c16-12(17)15-8-1-2-9(15)6-10(5-8)18-11-7-13-3-4-14-11/h3-4,7-10H,1-2,5-6H2,(H,16,17)/t8-,9+,10+. The van der Waals surface area contributed by atoms with Crippen LogP contribution < -0.4 is 4.74 Å². The van der Waals surface area contributed by atoms with E-state index in [9.17, 15) is 4.79 Å². The van der Waals surface area contributed by atoms with E-state index in [1.807, 2.05) is 0 Å². The van der Waals surface area contributed by atoms with Gasteiger partial charge in [-0.1, -0.05) is 0 Å². The van der Waals surface area contributed by atoms with Gasteiger partial charge in [0, 0.05) is 37.3 Å². The van der Waals surface area contributed by atoms with E-state index >= 15 is 0 Å². The normalized spacial score (nSPS) is 30.2. The number of hydrogen-bond acceptors (Lipinski definition) is 4. The van der Waals surface area contributed by atoms with Crippen LogP contribution in [0.2, 0.25) is 0 Å². The van der Waals surface area contributed by atoms with Crippen LogP contribution in [0.3, 0.4) is 0 Å². The van der Waals surface area contributed by atoms with Gasteiger partial charge in [0.2, 0.25) is 5.88 Å². The molecule has 0 radical (unpaired) electrons. The van der Waals surface area contributed by atoms with Gasteiger partial charge in [-0.3, -0.25) is 4.98 Å². The minimum atomic E-state index is -0.805. The quantitative estimate of drug-likeness (QED) is 0.860. The van der Waals surface area contributed by atoms with Crippen LogP contribution in [0.15, 0.2) is 18.6 Å². The van der Waals surface area contributed by atoms with Gasteiger partial charge < -0.3 is 14.7 Å². The van der Waals surface area contributed by atoms with E-state index in [4.69, 9.17) is 9.84 Å². The van der Waals surface area contributed by atoms with E-state index in [-0.39, 0.29) is 18.2 Å². The van der Waals surface area contributed by atoms with E-state index in [1.54, 1.807) is 23.5 Å². The predicted octanol–water partition coefficient (Wildman–Crippen LogP) is 1.53. The van der Waals surface area contributed by atoms with Crippen LogP contribution in [0, 0.1) is 0 Å². The molecule has 0 unspecified atom stereocenters. The summed E-state index contributed by atoms with van der Waals surface area (Å²) >= 11 is 0. The molecule has 1 amide bonds. The maximum Gasteiger partial charge on any atom is 0.407 e. The largest absolute Gasteiger partial charge is 0.473 e. The molecular formula is C12H15N3O3. The monoisotopic (exact) mass is 249 g/mol. The summed E-state index contributed by atoms with van der Waals surface area (Å²) in [6.45, 7) is 0. The molecule has 2 fully saturated rings. The van der Waals surface area contributed by atoms with Gasteiger partial charge in [-0.25, -0.2) is 9.78 Å². The van der Waals surface area contributed by atoms with E-state index in [0.717, 1.165) is 25.7 Å². The lowest BCUT2D eigenvalue weighted by atomic mass is 10.0. The van der Waals surface area contributed by atoms with Crippen molar-refractivity contribution in [2.45, 2.75) is 43.9 Å². The molecule has 2 bridgehead atoms. The number of ether oxygens (including phenoxy) is 1. The second-order valence-corrected chi connectivity index (χ2v) is 4.83. The zero-order valence-corrected chi connectivity index (χ0v) is 9.90. The van der Waals surface area contributed by atoms with Gasteiger partial charge in [0.05, 0.1) is 6.20 Å². The fourth-order valence-electron chi connectivity index (χ4n) is 3.05. The lowest BCUT2D eigenvalue weighted by Crippen LogP contribution is -2.48. The average Bonchev–Trinajstić information content (AvgIpc) is 2.63. The second-order valence-electron chi connectivity index (χ2n) is 4.83. The van der Waals surface area contributed by atoms with Crippen molar-refractivity contribution in [3.63, 3.8) is 0 Å². The van der Waals surface area contributed by atoms with Crippen molar-refractivity contribution in [3.8, 4) is 5.88 Å². The molecule has 0 aliphatic carbocycles. The van der Waals surface area contributed by atoms with Gasteiger partial charge in [0.1, 0.15) is 6.10 Å². The van der Waals surface area contributed by atoms with Crippen LogP contribution >= 0.6 is 0 Å². The Labute approximate surface area is 105 Å². The van der Waals surface area contributed by atoms with Gasteiger partial charge >= 0.3 is 6.09 Å². The number of aromatic nitrogens is 2. The van der Waals surface area contributed by atoms with Gasteiger partial charge in [-0.2, -0.15) is 0 Å². The van der Waals surface area contributed by atoms with Crippen LogP contribution in [-0.2, 0) is 0 Å². The van der Waals surface area contributed by atoms with E-state index in [1.165, 1.54) is 0 Å². The summed E-state index contributed by atoms with van der Waals surface area (Å²) in [5, 5.41) is 9.16. The highest BCUT2D eigenvalue weighted by Crippen LogP contribution is 2.36. The van der Waals surface area contributed by atoms with Crippen LogP contribution in [0.1, 0.15) is 25.7 Å². The molecule has 0 aromatic carbocycles. The number of piperidine rings is 1. The molecule has 2 aliphatic rings. The van der Waals surface area contributed by atoms with Crippen LogP contribution in [0.5, 0.6) is 5.88 Å². The van der Waals surface area contributed by atoms with Crippen LogP contribution in [-0.4, -0.2) is 44.3 Å². The highest BCUT2D eigenvalue weighted by Gasteiger charge is 2.44. The van der Waals surface area contributed by atoms with Gasteiger partial charge in [0.15, 0.2) is 0 Å². The summed E-state index contributed by atoms with van der Waals surface area (Å²) in [6, 6.07) is 0.200. The van der Waals surface area contributed by atoms with Crippen molar-refractivity contribution in [2.75, 3.05) is 0 Å². The highest BCUT2D eigenvalue weighted by molar-refractivity contribution is 5.66. The molecule has 6 nitrogen and oxygen atoms in total. The molecule has 3 heterocycles. The van der Waals surface area contributed by atoms with Crippen molar-refractivity contribution in [1.29, 1.82) is 0 Å². The predicted molar refractivity (Wildman–Crippen MR) is 62.4 cm³/mol. The number of fused-ring (bicyclic) bond motifs is 2. The zero-order chi connectivity index (χ0) is 12.5. The van der Waals surface area contributed by atoms with E-state index in [0.29, 0.717) is 5.88 Å². The molecule has 96 valence electrons. The highest BCUT2D eigenvalue weighted by atomic mass is 16.5. The Balaban J connectivity index is 1.67. The first-order valence-electron chi connectivity index (χ1n) is 6.18. The van der Waals surface area contributed by atoms with Gasteiger partial charge in [0.25, 0.3) is 0 Å². The van der Waals surface area contributed by atoms with Crippen molar-refractivity contribution >= 4 is 6.09 Å². The summed E-state index contributed by atoms with van der Waals surface area (Å²) in [7, 11) is 0. The zero-order valence-electron chi connectivity index (χ0n) is 9.90. The minimum Gasteiger partial charge on any atom is -0.473 e. The molecule has 6 heteroatoms. The minimum absolute atomic E-state index is 0.0507. The first-order chi connectivity index (χ1) is 8.74. The summed E-state index contributed by atoms with van der Waals surface area (Å²) in [5.41, 5.74) is 0. The number of rotatable bonds is 2. The Morgan fingerprint density at radius 1 is 1.33 bits per heavy atom. The Hall–Kier alpha value is -1.85. The van der Waals surface area contributed by atoms with Crippen LogP contribution in [0.4, 0.5) is 4.79 Å². The third-order valence-corrected chi connectivity index (χ3v) is 3.74.